The van der Waals surface area contributed by atoms with Crippen LogP contribution in [-0.4, -0.2) is 15.9 Å². The molecule has 1 aromatic rings. The summed E-state index contributed by atoms with van der Waals surface area (Å²) in [5.41, 5.74) is 0.701. The van der Waals surface area contributed by atoms with E-state index in [2.05, 4.69) is 24.1 Å². The van der Waals surface area contributed by atoms with Crippen molar-refractivity contribution in [2.45, 2.75) is 46.1 Å². The molecule has 0 saturated carbocycles. The summed E-state index contributed by atoms with van der Waals surface area (Å²) in [4.78, 5) is 14.3. The molecule has 0 radical (unpaired) electrons. The van der Waals surface area contributed by atoms with E-state index in [1.807, 2.05) is 0 Å². The second kappa shape index (κ2) is 6.18. The van der Waals surface area contributed by atoms with E-state index in [4.69, 9.17) is 0 Å². The molecule has 1 atom stereocenters. The average molecular weight is 237 g/mol. The highest BCUT2D eigenvalue weighted by Gasteiger charge is 2.12. The molecule has 94 valence electrons. The summed E-state index contributed by atoms with van der Waals surface area (Å²) in [6, 6.07) is 2.06. The molecule has 5 heteroatoms. The second-order valence-corrected chi connectivity index (χ2v) is 4.30. The number of nitrogens with one attached hydrogen (secondary N) is 1. The first-order chi connectivity index (χ1) is 8.04. The molecule has 1 aromatic heterocycles. The lowest BCUT2D eigenvalue weighted by molar-refractivity contribution is -0.385. The van der Waals surface area contributed by atoms with Gasteiger partial charge in [0.2, 0.25) is 0 Å². The number of rotatable bonds is 6. The molecule has 0 aliphatic heterocycles. The third-order valence-corrected chi connectivity index (χ3v) is 2.66. The third kappa shape index (κ3) is 4.01. The molecule has 0 aliphatic carbocycles. The first-order valence-corrected chi connectivity index (χ1v) is 5.92. The number of nitrogens with zero attached hydrogens (tertiary/aromatic N) is 2. The standard InChI is InChI=1S/C12H19N3O2/c1-4-5-6-10(3)14-12-7-9(2)11(8-13-12)15(16)17/h7-8,10H,4-6H2,1-3H3,(H,13,14). The van der Waals surface area contributed by atoms with Gasteiger partial charge in [-0.15, -0.1) is 0 Å². The van der Waals surface area contributed by atoms with E-state index in [0.717, 1.165) is 6.42 Å². The van der Waals surface area contributed by atoms with Gasteiger partial charge >= 0.3 is 0 Å². The third-order valence-electron chi connectivity index (χ3n) is 2.66. The maximum Gasteiger partial charge on any atom is 0.290 e. The molecule has 17 heavy (non-hydrogen) atoms. The van der Waals surface area contributed by atoms with Crippen LogP contribution in [0.1, 0.15) is 38.7 Å². The number of nitro groups is 1. The Morgan fingerprint density at radius 3 is 2.82 bits per heavy atom. The molecule has 0 spiro atoms. The van der Waals surface area contributed by atoms with E-state index in [0.29, 0.717) is 17.4 Å². The lowest BCUT2D eigenvalue weighted by atomic mass is 10.1. The van der Waals surface area contributed by atoms with Crippen LogP contribution >= 0.6 is 0 Å². The maximum atomic E-state index is 10.6. The van der Waals surface area contributed by atoms with Gasteiger partial charge in [-0.25, -0.2) is 4.98 Å². The minimum Gasteiger partial charge on any atom is -0.368 e. The van der Waals surface area contributed by atoms with E-state index in [9.17, 15) is 10.1 Å². The first-order valence-electron chi connectivity index (χ1n) is 5.92. The van der Waals surface area contributed by atoms with Gasteiger partial charge in [0, 0.05) is 11.6 Å². The zero-order valence-electron chi connectivity index (χ0n) is 10.6. The van der Waals surface area contributed by atoms with Gasteiger partial charge in [0.05, 0.1) is 4.92 Å². The minimum atomic E-state index is -0.410. The molecule has 0 saturated heterocycles. The van der Waals surface area contributed by atoms with Gasteiger partial charge in [-0.05, 0) is 26.3 Å². The van der Waals surface area contributed by atoms with Crippen molar-refractivity contribution in [1.29, 1.82) is 0 Å². The van der Waals surface area contributed by atoms with Gasteiger partial charge in [-0.3, -0.25) is 10.1 Å². The maximum absolute atomic E-state index is 10.6. The molecular weight excluding hydrogens is 218 g/mol. The van der Waals surface area contributed by atoms with Crippen molar-refractivity contribution in [1.82, 2.24) is 4.98 Å². The number of aryl methyl sites for hydroxylation is 1. The minimum absolute atomic E-state index is 0.0664. The van der Waals surface area contributed by atoms with Crippen LogP contribution in [0.15, 0.2) is 12.3 Å². The monoisotopic (exact) mass is 237 g/mol. The summed E-state index contributed by atoms with van der Waals surface area (Å²) >= 11 is 0. The molecule has 0 bridgehead atoms. The fourth-order valence-corrected chi connectivity index (χ4v) is 1.65. The number of hydrogen-bond acceptors (Lipinski definition) is 4. The average Bonchev–Trinajstić information content (AvgIpc) is 2.26. The predicted octanol–water partition coefficient (Wildman–Crippen LogP) is 3.29. The summed E-state index contributed by atoms with van der Waals surface area (Å²) < 4.78 is 0. The largest absolute Gasteiger partial charge is 0.368 e. The van der Waals surface area contributed by atoms with Crippen LogP contribution in [-0.2, 0) is 0 Å². The first kappa shape index (κ1) is 13.4. The summed E-state index contributed by atoms with van der Waals surface area (Å²) in [6.07, 6.45) is 4.72. The van der Waals surface area contributed by atoms with Crippen LogP contribution < -0.4 is 5.32 Å². The quantitative estimate of drug-likeness (QED) is 0.609. The Kier molecular flexibility index (Phi) is 4.87. The Morgan fingerprint density at radius 2 is 2.29 bits per heavy atom. The molecule has 1 unspecified atom stereocenters. The van der Waals surface area contributed by atoms with E-state index in [1.54, 1.807) is 13.0 Å². The van der Waals surface area contributed by atoms with E-state index < -0.39 is 4.92 Å². The van der Waals surface area contributed by atoms with Gasteiger partial charge in [0.15, 0.2) is 0 Å². The Morgan fingerprint density at radius 1 is 1.59 bits per heavy atom. The summed E-state index contributed by atoms with van der Waals surface area (Å²) in [7, 11) is 0. The van der Waals surface area contributed by atoms with Crippen molar-refractivity contribution in [3.8, 4) is 0 Å². The topological polar surface area (TPSA) is 68.1 Å². The molecule has 1 N–H and O–H groups in total. The molecule has 0 fully saturated rings. The second-order valence-electron chi connectivity index (χ2n) is 4.30. The summed E-state index contributed by atoms with van der Waals surface area (Å²) in [5, 5.41) is 13.9. The zero-order chi connectivity index (χ0) is 12.8. The van der Waals surface area contributed by atoms with Crippen molar-refractivity contribution in [2.75, 3.05) is 5.32 Å². The lowest BCUT2D eigenvalue weighted by Crippen LogP contribution is -2.15. The summed E-state index contributed by atoms with van der Waals surface area (Å²) in [5.74, 6) is 0.705. The van der Waals surface area contributed by atoms with Crippen molar-refractivity contribution < 1.29 is 4.92 Å². The van der Waals surface area contributed by atoms with Crippen LogP contribution in [0.25, 0.3) is 0 Å². The van der Waals surface area contributed by atoms with Crippen LogP contribution in [0.5, 0.6) is 0 Å². The van der Waals surface area contributed by atoms with Crippen LogP contribution in [0.2, 0.25) is 0 Å². The van der Waals surface area contributed by atoms with Gasteiger partial charge in [0.1, 0.15) is 12.0 Å². The lowest BCUT2D eigenvalue weighted by Gasteiger charge is -2.14. The fraction of sp³-hybridized carbons (Fsp3) is 0.583. The van der Waals surface area contributed by atoms with Gasteiger partial charge in [0.25, 0.3) is 5.69 Å². The van der Waals surface area contributed by atoms with Crippen molar-refractivity contribution in [2.24, 2.45) is 0 Å². The van der Waals surface area contributed by atoms with Gasteiger partial charge in [-0.1, -0.05) is 19.8 Å². The van der Waals surface area contributed by atoms with Crippen molar-refractivity contribution in [3.05, 3.63) is 27.9 Å². The Balaban J connectivity index is 2.67. The van der Waals surface area contributed by atoms with Crippen molar-refractivity contribution >= 4 is 11.5 Å². The van der Waals surface area contributed by atoms with Crippen LogP contribution in [0, 0.1) is 17.0 Å². The number of pyridine rings is 1. The van der Waals surface area contributed by atoms with E-state index >= 15 is 0 Å². The number of hydrogen-bond donors (Lipinski definition) is 1. The number of aromatic nitrogens is 1. The molecule has 0 aliphatic rings. The summed E-state index contributed by atoms with van der Waals surface area (Å²) in [6.45, 7) is 5.97. The van der Waals surface area contributed by atoms with Crippen molar-refractivity contribution in [3.63, 3.8) is 0 Å². The molecule has 0 aromatic carbocycles. The Bertz CT molecular complexity index is 393. The Labute approximate surface area is 101 Å². The number of anilines is 1. The molecule has 5 nitrogen and oxygen atoms in total. The number of unbranched alkanes of at least 4 members (excludes halogenated alkanes) is 1. The molecule has 1 rings (SSSR count). The SMILES string of the molecule is CCCCC(C)Nc1cc(C)c([N+](=O)[O-])cn1. The molecular formula is C12H19N3O2. The highest BCUT2D eigenvalue weighted by molar-refractivity contribution is 5.47. The zero-order valence-corrected chi connectivity index (χ0v) is 10.6. The molecule has 1 heterocycles. The normalized spacial score (nSPS) is 12.2. The van der Waals surface area contributed by atoms with Gasteiger partial charge < -0.3 is 5.32 Å². The van der Waals surface area contributed by atoms with E-state index in [1.165, 1.54) is 19.0 Å². The van der Waals surface area contributed by atoms with Crippen LogP contribution in [0.3, 0.4) is 0 Å². The smallest absolute Gasteiger partial charge is 0.290 e. The highest BCUT2D eigenvalue weighted by atomic mass is 16.6. The Hall–Kier alpha value is -1.65. The van der Waals surface area contributed by atoms with Gasteiger partial charge in [-0.2, -0.15) is 0 Å². The fourth-order valence-electron chi connectivity index (χ4n) is 1.65. The van der Waals surface area contributed by atoms with Crippen LogP contribution in [0.4, 0.5) is 11.5 Å². The molecule has 0 amide bonds. The van der Waals surface area contributed by atoms with E-state index in [-0.39, 0.29) is 5.69 Å². The highest BCUT2D eigenvalue weighted by Crippen LogP contribution is 2.19. The predicted molar refractivity (Wildman–Crippen MR) is 68.2 cm³/mol.